The third-order valence-corrected chi connectivity index (χ3v) is 3.05. The number of carbonyl (C=O) groups excluding carboxylic acids is 1. The molecule has 2 nitrogen and oxygen atoms in total. The van der Waals surface area contributed by atoms with Gasteiger partial charge in [0.2, 0.25) is 5.78 Å². The first kappa shape index (κ1) is 12.4. The summed E-state index contributed by atoms with van der Waals surface area (Å²) in [4.78, 5) is 16.1. The topological polar surface area (TPSA) is 30.0 Å². The monoisotopic (exact) mass is 243 g/mol. The van der Waals surface area contributed by atoms with E-state index in [1.165, 1.54) is 12.1 Å². The van der Waals surface area contributed by atoms with Gasteiger partial charge in [-0.2, -0.15) is 0 Å². The predicted octanol–water partition coefficient (Wildman–Crippen LogP) is 3.38. The maximum Gasteiger partial charge on any atom is 0.211 e. The Labute approximate surface area is 105 Å². The fourth-order valence-electron chi connectivity index (χ4n) is 1.85. The van der Waals surface area contributed by atoms with Crippen LogP contribution in [0, 0.1) is 26.6 Å². The highest BCUT2D eigenvalue weighted by atomic mass is 19.1. The van der Waals surface area contributed by atoms with Crippen LogP contribution in [0.1, 0.15) is 32.7 Å². The summed E-state index contributed by atoms with van der Waals surface area (Å²) in [5.74, 6) is -0.612. The number of nitrogens with zero attached hydrogens (tertiary/aromatic N) is 1. The van der Waals surface area contributed by atoms with Crippen LogP contribution in [0.25, 0.3) is 0 Å². The Balaban J connectivity index is 2.46. The van der Waals surface area contributed by atoms with Gasteiger partial charge in [0.1, 0.15) is 11.5 Å². The first-order chi connectivity index (χ1) is 8.49. The van der Waals surface area contributed by atoms with E-state index in [2.05, 4.69) is 4.98 Å². The van der Waals surface area contributed by atoms with Crippen LogP contribution in [0.2, 0.25) is 0 Å². The second-order valence-corrected chi connectivity index (χ2v) is 4.44. The maximum atomic E-state index is 12.8. The predicted molar refractivity (Wildman–Crippen MR) is 68.3 cm³/mol. The second-order valence-electron chi connectivity index (χ2n) is 4.44. The minimum absolute atomic E-state index is 0.171. The van der Waals surface area contributed by atoms with Gasteiger partial charge in [0, 0.05) is 5.56 Å². The zero-order valence-corrected chi connectivity index (χ0v) is 10.6. The zero-order valence-electron chi connectivity index (χ0n) is 10.6. The Morgan fingerprint density at radius 1 is 1.06 bits per heavy atom. The SMILES string of the molecule is Cc1cc(C)c(C(=O)c2ccc(F)cn2)cc1C. The van der Waals surface area contributed by atoms with E-state index >= 15 is 0 Å². The molecule has 1 aromatic carbocycles. The Bertz CT molecular complexity index is 603. The number of aromatic nitrogens is 1. The zero-order chi connectivity index (χ0) is 13.3. The lowest BCUT2D eigenvalue weighted by molar-refractivity contribution is 0.103. The minimum Gasteiger partial charge on any atom is -0.287 e. The minimum atomic E-state index is -0.441. The highest BCUT2D eigenvalue weighted by molar-refractivity contribution is 6.08. The summed E-state index contributed by atoms with van der Waals surface area (Å²) < 4.78 is 12.8. The summed E-state index contributed by atoms with van der Waals surface area (Å²) in [7, 11) is 0. The number of ketones is 1. The molecule has 0 fully saturated rings. The van der Waals surface area contributed by atoms with Gasteiger partial charge < -0.3 is 0 Å². The molecule has 0 N–H and O–H groups in total. The molecule has 0 saturated carbocycles. The smallest absolute Gasteiger partial charge is 0.211 e. The molecule has 0 spiro atoms. The number of carbonyl (C=O) groups is 1. The molecule has 0 atom stereocenters. The van der Waals surface area contributed by atoms with Crippen molar-refractivity contribution < 1.29 is 9.18 Å². The number of aryl methyl sites for hydroxylation is 3. The van der Waals surface area contributed by atoms with Gasteiger partial charge in [-0.1, -0.05) is 6.07 Å². The first-order valence-electron chi connectivity index (χ1n) is 5.73. The van der Waals surface area contributed by atoms with E-state index in [4.69, 9.17) is 0 Å². The molecular weight excluding hydrogens is 229 g/mol. The third-order valence-electron chi connectivity index (χ3n) is 3.05. The Hall–Kier alpha value is -2.03. The molecule has 0 bridgehead atoms. The van der Waals surface area contributed by atoms with Gasteiger partial charge in [0.15, 0.2) is 0 Å². The van der Waals surface area contributed by atoms with E-state index in [1.807, 2.05) is 32.9 Å². The van der Waals surface area contributed by atoms with Crippen molar-refractivity contribution in [2.75, 3.05) is 0 Å². The van der Waals surface area contributed by atoms with Gasteiger partial charge in [0.05, 0.1) is 6.20 Å². The highest BCUT2D eigenvalue weighted by Gasteiger charge is 2.14. The van der Waals surface area contributed by atoms with Crippen molar-refractivity contribution in [2.45, 2.75) is 20.8 Å². The average Bonchev–Trinajstić information content (AvgIpc) is 2.34. The lowest BCUT2D eigenvalue weighted by Gasteiger charge is -2.08. The van der Waals surface area contributed by atoms with Crippen LogP contribution in [0.15, 0.2) is 30.5 Å². The fourth-order valence-corrected chi connectivity index (χ4v) is 1.85. The molecule has 3 heteroatoms. The lowest BCUT2D eigenvalue weighted by Crippen LogP contribution is -2.07. The van der Waals surface area contributed by atoms with E-state index in [0.29, 0.717) is 5.56 Å². The number of hydrogen-bond donors (Lipinski definition) is 0. The fraction of sp³-hybridized carbons (Fsp3) is 0.200. The standard InChI is InChI=1S/C15H14FNO/c1-9-6-11(3)13(7-10(9)2)15(18)14-5-4-12(16)8-17-14/h4-8H,1-3H3. The van der Waals surface area contributed by atoms with Crippen LogP contribution >= 0.6 is 0 Å². The molecule has 0 saturated heterocycles. The molecule has 0 unspecified atom stereocenters. The summed E-state index contributed by atoms with van der Waals surface area (Å²) in [5, 5.41) is 0. The molecule has 2 aromatic rings. The summed E-state index contributed by atoms with van der Waals surface area (Å²) in [6, 6.07) is 6.49. The average molecular weight is 243 g/mol. The van der Waals surface area contributed by atoms with Gasteiger partial charge in [-0.25, -0.2) is 9.37 Å². The number of hydrogen-bond acceptors (Lipinski definition) is 2. The van der Waals surface area contributed by atoms with E-state index in [0.717, 1.165) is 22.9 Å². The van der Waals surface area contributed by atoms with Crippen molar-refractivity contribution in [3.05, 3.63) is 64.2 Å². The number of rotatable bonds is 2. The second kappa shape index (κ2) is 4.69. The van der Waals surface area contributed by atoms with Gasteiger partial charge in [-0.05, 0) is 55.7 Å². The van der Waals surface area contributed by atoms with Crippen molar-refractivity contribution in [1.82, 2.24) is 4.98 Å². The number of benzene rings is 1. The van der Waals surface area contributed by atoms with Crippen LogP contribution in [-0.4, -0.2) is 10.8 Å². The third kappa shape index (κ3) is 2.30. The summed E-state index contributed by atoms with van der Waals surface area (Å²) in [5.41, 5.74) is 4.01. The Morgan fingerprint density at radius 3 is 2.33 bits per heavy atom. The quantitative estimate of drug-likeness (QED) is 0.757. The van der Waals surface area contributed by atoms with Crippen LogP contribution in [0.5, 0.6) is 0 Å². The molecule has 0 amide bonds. The summed E-state index contributed by atoms with van der Waals surface area (Å²) in [6.07, 6.45) is 1.06. The molecular formula is C15H14FNO. The van der Waals surface area contributed by atoms with Gasteiger partial charge in [-0.3, -0.25) is 4.79 Å². The molecule has 0 aliphatic carbocycles. The van der Waals surface area contributed by atoms with Crippen molar-refractivity contribution in [2.24, 2.45) is 0 Å². The van der Waals surface area contributed by atoms with E-state index in [1.54, 1.807) is 0 Å². The van der Waals surface area contributed by atoms with E-state index in [-0.39, 0.29) is 11.5 Å². The number of pyridine rings is 1. The van der Waals surface area contributed by atoms with Gasteiger partial charge >= 0.3 is 0 Å². The maximum absolute atomic E-state index is 12.8. The Morgan fingerprint density at radius 2 is 1.72 bits per heavy atom. The molecule has 92 valence electrons. The van der Waals surface area contributed by atoms with Gasteiger partial charge in [0.25, 0.3) is 0 Å². The highest BCUT2D eigenvalue weighted by Crippen LogP contribution is 2.18. The first-order valence-corrected chi connectivity index (χ1v) is 5.73. The van der Waals surface area contributed by atoms with Gasteiger partial charge in [-0.15, -0.1) is 0 Å². The van der Waals surface area contributed by atoms with Crippen LogP contribution in [-0.2, 0) is 0 Å². The largest absolute Gasteiger partial charge is 0.287 e. The van der Waals surface area contributed by atoms with Crippen LogP contribution in [0.4, 0.5) is 4.39 Å². The van der Waals surface area contributed by atoms with Crippen molar-refractivity contribution >= 4 is 5.78 Å². The Kier molecular flexibility index (Phi) is 3.24. The van der Waals surface area contributed by atoms with E-state index in [9.17, 15) is 9.18 Å². The lowest BCUT2D eigenvalue weighted by atomic mass is 9.97. The molecule has 0 radical (unpaired) electrons. The molecule has 1 heterocycles. The van der Waals surface area contributed by atoms with Crippen molar-refractivity contribution in [3.8, 4) is 0 Å². The van der Waals surface area contributed by atoms with Crippen LogP contribution < -0.4 is 0 Å². The van der Waals surface area contributed by atoms with E-state index < -0.39 is 5.82 Å². The molecule has 0 aliphatic rings. The summed E-state index contributed by atoms with van der Waals surface area (Å²) in [6.45, 7) is 5.86. The molecule has 0 aliphatic heterocycles. The summed E-state index contributed by atoms with van der Waals surface area (Å²) >= 11 is 0. The molecule has 2 rings (SSSR count). The number of halogens is 1. The van der Waals surface area contributed by atoms with Crippen molar-refractivity contribution in [1.29, 1.82) is 0 Å². The molecule has 1 aromatic heterocycles. The normalized spacial score (nSPS) is 10.4. The van der Waals surface area contributed by atoms with Crippen molar-refractivity contribution in [3.63, 3.8) is 0 Å². The van der Waals surface area contributed by atoms with Crippen LogP contribution in [0.3, 0.4) is 0 Å². The molecule has 18 heavy (non-hydrogen) atoms.